The molecule has 1 unspecified atom stereocenters. The highest BCUT2D eigenvalue weighted by molar-refractivity contribution is 8.01. The molecular weight excluding hydrogens is 282 g/mol. The fourth-order valence-corrected chi connectivity index (χ4v) is 3.46. The van der Waals surface area contributed by atoms with E-state index in [0.717, 1.165) is 28.1 Å². The smallest absolute Gasteiger partial charge is 0.316 e. The molecule has 0 saturated carbocycles. The number of nitrogens with zero attached hydrogens (tertiary/aromatic N) is 1. The van der Waals surface area contributed by atoms with Crippen LogP contribution in [-0.2, 0) is 9.59 Å². The SMILES string of the molecule is CC(SCC(=O)N1CCSc2ccccc21)C(=O)O. The van der Waals surface area contributed by atoms with Crippen LogP contribution in [0, 0.1) is 0 Å². The Kier molecular flexibility index (Phi) is 4.76. The number of anilines is 1. The Bertz CT molecular complexity index is 493. The molecule has 1 aliphatic rings. The molecule has 0 bridgehead atoms. The van der Waals surface area contributed by atoms with Gasteiger partial charge in [0.25, 0.3) is 0 Å². The Morgan fingerprint density at radius 2 is 2.21 bits per heavy atom. The number of carbonyl (C=O) groups is 2. The van der Waals surface area contributed by atoms with Gasteiger partial charge in [-0.05, 0) is 19.1 Å². The number of rotatable bonds is 4. The van der Waals surface area contributed by atoms with E-state index in [1.807, 2.05) is 24.3 Å². The van der Waals surface area contributed by atoms with Gasteiger partial charge in [0.05, 0.1) is 16.7 Å². The number of amides is 1. The molecule has 4 nitrogen and oxygen atoms in total. The van der Waals surface area contributed by atoms with E-state index < -0.39 is 11.2 Å². The largest absolute Gasteiger partial charge is 0.480 e. The van der Waals surface area contributed by atoms with Gasteiger partial charge in [0.15, 0.2) is 0 Å². The molecule has 0 radical (unpaired) electrons. The molecule has 0 fully saturated rings. The van der Waals surface area contributed by atoms with Crippen LogP contribution in [0.3, 0.4) is 0 Å². The molecule has 1 heterocycles. The van der Waals surface area contributed by atoms with E-state index in [0.29, 0.717) is 6.54 Å². The molecule has 1 atom stereocenters. The van der Waals surface area contributed by atoms with Gasteiger partial charge >= 0.3 is 5.97 Å². The molecule has 1 aromatic rings. The number of hydrogen-bond acceptors (Lipinski definition) is 4. The third kappa shape index (κ3) is 3.45. The molecule has 1 N–H and O–H groups in total. The Morgan fingerprint density at radius 3 is 2.95 bits per heavy atom. The van der Waals surface area contributed by atoms with Crippen LogP contribution in [0.5, 0.6) is 0 Å². The first-order valence-corrected chi connectivity index (χ1v) is 7.99. The Balaban J connectivity index is 2.03. The van der Waals surface area contributed by atoms with Gasteiger partial charge in [0.1, 0.15) is 0 Å². The highest BCUT2D eigenvalue weighted by Gasteiger charge is 2.23. The monoisotopic (exact) mass is 297 g/mol. The lowest BCUT2D eigenvalue weighted by Gasteiger charge is -2.29. The molecule has 1 aliphatic heterocycles. The Morgan fingerprint density at radius 1 is 1.47 bits per heavy atom. The van der Waals surface area contributed by atoms with E-state index in [1.54, 1.807) is 23.6 Å². The van der Waals surface area contributed by atoms with Crippen molar-refractivity contribution in [3.63, 3.8) is 0 Å². The molecule has 0 saturated heterocycles. The maximum atomic E-state index is 12.2. The number of carbonyl (C=O) groups excluding carboxylic acids is 1. The van der Waals surface area contributed by atoms with Crippen molar-refractivity contribution in [3.05, 3.63) is 24.3 Å². The summed E-state index contributed by atoms with van der Waals surface area (Å²) in [4.78, 5) is 25.8. The molecule has 6 heteroatoms. The van der Waals surface area contributed by atoms with Crippen molar-refractivity contribution >= 4 is 41.1 Å². The molecule has 102 valence electrons. The predicted octanol–water partition coefficient (Wildman–Crippen LogP) is 2.33. The number of aliphatic carboxylic acids is 1. The minimum Gasteiger partial charge on any atom is -0.480 e. The van der Waals surface area contributed by atoms with E-state index in [4.69, 9.17) is 5.11 Å². The topological polar surface area (TPSA) is 57.6 Å². The first kappa shape index (κ1) is 14.3. The average Bonchev–Trinajstić information content (AvgIpc) is 2.43. The zero-order valence-corrected chi connectivity index (χ0v) is 12.2. The number of carboxylic acid groups (broad SMARTS) is 1. The second kappa shape index (κ2) is 6.34. The minimum absolute atomic E-state index is 0.0224. The number of hydrogen-bond donors (Lipinski definition) is 1. The van der Waals surface area contributed by atoms with Crippen molar-refractivity contribution in [1.82, 2.24) is 0 Å². The number of fused-ring (bicyclic) bond motifs is 1. The van der Waals surface area contributed by atoms with Crippen LogP contribution >= 0.6 is 23.5 Å². The Labute approximate surface area is 120 Å². The van der Waals surface area contributed by atoms with E-state index in [-0.39, 0.29) is 11.7 Å². The number of para-hydroxylation sites is 1. The number of benzene rings is 1. The molecular formula is C13H15NO3S2. The maximum absolute atomic E-state index is 12.2. The van der Waals surface area contributed by atoms with E-state index in [1.165, 1.54) is 0 Å². The van der Waals surface area contributed by atoms with Gasteiger partial charge in [0, 0.05) is 17.2 Å². The lowest BCUT2D eigenvalue weighted by atomic mass is 10.3. The standard InChI is InChI=1S/C13H15NO3S2/c1-9(13(16)17)19-8-12(15)14-6-7-18-11-5-3-2-4-10(11)14/h2-5,9H,6-8H2,1H3,(H,16,17). The van der Waals surface area contributed by atoms with Crippen molar-refractivity contribution < 1.29 is 14.7 Å². The van der Waals surface area contributed by atoms with Crippen LogP contribution in [0.2, 0.25) is 0 Å². The van der Waals surface area contributed by atoms with Crippen molar-refractivity contribution in [2.75, 3.05) is 23.0 Å². The summed E-state index contributed by atoms with van der Waals surface area (Å²) in [5.41, 5.74) is 0.937. The highest BCUT2D eigenvalue weighted by Crippen LogP contribution is 2.34. The lowest BCUT2D eigenvalue weighted by molar-refractivity contribution is -0.136. The summed E-state index contributed by atoms with van der Waals surface area (Å²) in [6, 6.07) is 7.82. The van der Waals surface area contributed by atoms with Gasteiger partial charge in [-0.1, -0.05) is 12.1 Å². The van der Waals surface area contributed by atoms with Crippen LogP contribution in [0.1, 0.15) is 6.92 Å². The van der Waals surface area contributed by atoms with E-state index >= 15 is 0 Å². The van der Waals surface area contributed by atoms with Crippen molar-refractivity contribution in [2.45, 2.75) is 17.1 Å². The fourth-order valence-electron chi connectivity index (χ4n) is 1.77. The summed E-state index contributed by atoms with van der Waals surface area (Å²) in [6.07, 6.45) is 0. The fraction of sp³-hybridized carbons (Fsp3) is 0.385. The molecule has 2 rings (SSSR count). The average molecular weight is 297 g/mol. The molecule has 0 aliphatic carbocycles. The van der Waals surface area contributed by atoms with E-state index in [9.17, 15) is 9.59 Å². The number of carboxylic acids is 1. The quantitative estimate of drug-likeness (QED) is 0.924. The van der Waals surface area contributed by atoms with Crippen LogP contribution in [0.4, 0.5) is 5.69 Å². The van der Waals surface area contributed by atoms with Gasteiger partial charge in [-0.15, -0.1) is 23.5 Å². The zero-order chi connectivity index (χ0) is 13.8. The van der Waals surface area contributed by atoms with Crippen LogP contribution in [0.25, 0.3) is 0 Å². The van der Waals surface area contributed by atoms with Crippen LogP contribution < -0.4 is 4.90 Å². The molecule has 19 heavy (non-hydrogen) atoms. The summed E-state index contributed by atoms with van der Waals surface area (Å²) >= 11 is 2.91. The maximum Gasteiger partial charge on any atom is 0.316 e. The third-order valence-corrected chi connectivity index (χ3v) is 4.99. The van der Waals surface area contributed by atoms with Gasteiger partial charge in [0.2, 0.25) is 5.91 Å². The van der Waals surface area contributed by atoms with Gasteiger partial charge in [-0.25, -0.2) is 0 Å². The zero-order valence-electron chi connectivity index (χ0n) is 10.5. The second-order valence-electron chi connectivity index (χ2n) is 4.15. The minimum atomic E-state index is -0.882. The van der Waals surface area contributed by atoms with Crippen LogP contribution in [-0.4, -0.2) is 40.3 Å². The van der Waals surface area contributed by atoms with Crippen LogP contribution in [0.15, 0.2) is 29.2 Å². The van der Waals surface area contributed by atoms with Gasteiger partial charge < -0.3 is 10.0 Å². The van der Waals surface area contributed by atoms with Crippen molar-refractivity contribution in [1.29, 1.82) is 0 Å². The molecule has 0 aromatic heterocycles. The van der Waals surface area contributed by atoms with Gasteiger partial charge in [-0.3, -0.25) is 9.59 Å². The first-order valence-electron chi connectivity index (χ1n) is 5.96. The molecule has 1 aromatic carbocycles. The van der Waals surface area contributed by atoms with Gasteiger partial charge in [-0.2, -0.15) is 0 Å². The predicted molar refractivity (Wildman–Crippen MR) is 79.1 cm³/mol. The third-order valence-electron chi connectivity index (χ3n) is 2.83. The first-order chi connectivity index (χ1) is 9.09. The van der Waals surface area contributed by atoms with E-state index in [2.05, 4.69) is 0 Å². The lowest BCUT2D eigenvalue weighted by Crippen LogP contribution is -2.37. The summed E-state index contributed by atoms with van der Waals surface area (Å²) in [6.45, 7) is 2.28. The molecule has 0 spiro atoms. The van der Waals surface area contributed by atoms with Crippen molar-refractivity contribution in [3.8, 4) is 0 Å². The summed E-state index contributed by atoms with van der Waals surface area (Å²) in [7, 11) is 0. The second-order valence-corrected chi connectivity index (χ2v) is 6.62. The summed E-state index contributed by atoms with van der Waals surface area (Å²) < 4.78 is 0. The highest BCUT2D eigenvalue weighted by atomic mass is 32.2. The Hall–Kier alpha value is -1.14. The number of thioether (sulfide) groups is 2. The van der Waals surface area contributed by atoms with Crippen molar-refractivity contribution in [2.24, 2.45) is 0 Å². The summed E-state index contributed by atoms with van der Waals surface area (Å²) in [5.74, 6) is 0.173. The summed E-state index contributed by atoms with van der Waals surface area (Å²) in [5, 5.41) is 8.26. The normalized spacial score (nSPS) is 15.7. The molecule has 1 amide bonds.